The number of hydrogen-bond donors (Lipinski definition) is 0. The van der Waals surface area contributed by atoms with Gasteiger partial charge in [0.05, 0.1) is 11.5 Å². The molecule has 1 heterocycles. The quantitative estimate of drug-likeness (QED) is 0.751. The number of aryl methyl sites for hydroxylation is 1. The van der Waals surface area contributed by atoms with E-state index in [9.17, 15) is 0 Å². The van der Waals surface area contributed by atoms with E-state index in [0.29, 0.717) is 6.61 Å². The maximum absolute atomic E-state index is 6.64. The molecule has 0 amide bonds. The summed E-state index contributed by atoms with van der Waals surface area (Å²) in [7, 11) is 1.75. The molecule has 17 heavy (non-hydrogen) atoms. The van der Waals surface area contributed by atoms with E-state index in [1.165, 1.54) is 11.1 Å². The molecule has 3 heteroatoms. The summed E-state index contributed by atoms with van der Waals surface area (Å²) < 4.78 is 5.39. The number of halogens is 1. The van der Waals surface area contributed by atoms with Crippen LogP contribution in [-0.2, 0) is 11.2 Å². The first-order valence-corrected chi connectivity index (χ1v) is 6.46. The predicted molar refractivity (Wildman–Crippen MR) is 70.5 cm³/mol. The third kappa shape index (κ3) is 2.48. The normalized spacial score (nSPS) is 20.9. The highest BCUT2D eigenvalue weighted by molar-refractivity contribution is 6.26. The molecule has 0 bridgehead atoms. The number of nitrogens with zero attached hydrogens (tertiary/aromatic N) is 1. The van der Waals surface area contributed by atoms with E-state index in [4.69, 9.17) is 16.3 Å². The molecular formula is C14H20ClNO. The van der Waals surface area contributed by atoms with E-state index in [2.05, 4.69) is 24.9 Å². The molecule has 1 aliphatic carbocycles. The van der Waals surface area contributed by atoms with Gasteiger partial charge in [-0.05, 0) is 43.4 Å². The zero-order chi connectivity index (χ0) is 12.5. The van der Waals surface area contributed by atoms with Crippen molar-refractivity contribution < 1.29 is 4.74 Å². The van der Waals surface area contributed by atoms with Crippen LogP contribution in [0.2, 0.25) is 0 Å². The molecule has 2 nitrogen and oxygen atoms in total. The van der Waals surface area contributed by atoms with E-state index in [0.717, 1.165) is 19.3 Å². The fraction of sp³-hybridized carbons (Fsp3) is 0.643. The number of rotatable bonds is 5. The van der Waals surface area contributed by atoms with Gasteiger partial charge in [-0.25, -0.2) is 0 Å². The smallest absolute Gasteiger partial charge is 0.0536 e. The molecule has 1 aromatic heterocycles. The molecule has 0 N–H and O–H groups in total. The predicted octanol–water partition coefficient (Wildman–Crippen LogP) is 3.36. The van der Waals surface area contributed by atoms with Crippen molar-refractivity contribution in [2.75, 3.05) is 13.7 Å². The van der Waals surface area contributed by atoms with Crippen molar-refractivity contribution in [3.63, 3.8) is 0 Å². The second kappa shape index (κ2) is 4.58. The number of alkyl halides is 1. The van der Waals surface area contributed by atoms with Gasteiger partial charge < -0.3 is 4.74 Å². The van der Waals surface area contributed by atoms with Crippen LogP contribution in [0.25, 0.3) is 0 Å². The van der Waals surface area contributed by atoms with Gasteiger partial charge in [0.25, 0.3) is 0 Å². The van der Waals surface area contributed by atoms with Crippen LogP contribution in [-0.4, -0.2) is 23.6 Å². The molecule has 2 rings (SSSR count). The fourth-order valence-electron chi connectivity index (χ4n) is 2.49. The lowest BCUT2D eigenvalue weighted by Crippen LogP contribution is -2.37. The van der Waals surface area contributed by atoms with E-state index in [1.807, 2.05) is 12.4 Å². The van der Waals surface area contributed by atoms with Crippen molar-refractivity contribution in [3.05, 3.63) is 29.6 Å². The highest BCUT2D eigenvalue weighted by Crippen LogP contribution is 2.57. The highest BCUT2D eigenvalue weighted by Gasteiger charge is 2.55. The van der Waals surface area contributed by atoms with Crippen LogP contribution in [0.1, 0.15) is 30.9 Å². The standard InChI is InChI=1S/C14H20ClNO/c1-11-9-16-7-4-12(11)8-13(2,10-17-3)14(15)5-6-14/h4,7,9H,5-6,8,10H2,1-3H3. The van der Waals surface area contributed by atoms with E-state index in [-0.39, 0.29) is 10.3 Å². The Balaban J connectivity index is 2.22. The Morgan fingerprint density at radius 3 is 2.76 bits per heavy atom. The summed E-state index contributed by atoms with van der Waals surface area (Å²) in [5, 5.41) is 0. The molecule has 1 aliphatic rings. The van der Waals surface area contributed by atoms with Crippen molar-refractivity contribution >= 4 is 11.6 Å². The van der Waals surface area contributed by atoms with Gasteiger partial charge in [0, 0.05) is 24.9 Å². The summed E-state index contributed by atoms with van der Waals surface area (Å²) in [6.07, 6.45) is 6.91. The minimum atomic E-state index is -0.0707. The maximum atomic E-state index is 6.64. The molecule has 1 aromatic rings. The summed E-state index contributed by atoms with van der Waals surface area (Å²) in [5.41, 5.74) is 2.57. The molecule has 0 radical (unpaired) electrons. The van der Waals surface area contributed by atoms with Crippen LogP contribution in [0.3, 0.4) is 0 Å². The van der Waals surface area contributed by atoms with E-state index >= 15 is 0 Å². The maximum Gasteiger partial charge on any atom is 0.0536 e. The van der Waals surface area contributed by atoms with Gasteiger partial charge in [-0.15, -0.1) is 11.6 Å². The van der Waals surface area contributed by atoms with Crippen molar-refractivity contribution in [1.29, 1.82) is 0 Å². The molecule has 0 saturated heterocycles. The van der Waals surface area contributed by atoms with E-state index in [1.54, 1.807) is 7.11 Å². The zero-order valence-electron chi connectivity index (χ0n) is 10.8. The van der Waals surface area contributed by atoms with Crippen LogP contribution in [0.4, 0.5) is 0 Å². The lowest BCUT2D eigenvalue weighted by Gasteiger charge is -2.34. The van der Waals surface area contributed by atoms with Gasteiger partial charge >= 0.3 is 0 Å². The number of aromatic nitrogens is 1. The molecule has 1 fully saturated rings. The average Bonchev–Trinajstić information content (AvgIpc) is 3.02. The molecule has 1 saturated carbocycles. The third-order valence-corrected chi connectivity index (χ3v) is 4.78. The Labute approximate surface area is 108 Å². The Hall–Kier alpha value is -0.600. The first-order valence-electron chi connectivity index (χ1n) is 6.08. The minimum absolute atomic E-state index is 0.00934. The molecule has 0 aliphatic heterocycles. The summed E-state index contributed by atoms with van der Waals surface area (Å²) in [6, 6.07) is 2.09. The third-order valence-electron chi connectivity index (χ3n) is 3.95. The molecule has 1 unspecified atom stereocenters. The Bertz CT molecular complexity index is 403. The monoisotopic (exact) mass is 253 g/mol. The SMILES string of the molecule is COCC(C)(Cc1ccncc1C)C1(Cl)CC1. The van der Waals surface area contributed by atoms with Crippen LogP contribution in [0.5, 0.6) is 0 Å². The van der Waals surface area contributed by atoms with Gasteiger partial charge in [0.2, 0.25) is 0 Å². The van der Waals surface area contributed by atoms with Crippen LogP contribution >= 0.6 is 11.6 Å². The summed E-state index contributed by atoms with van der Waals surface area (Å²) >= 11 is 6.64. The second-order valence-electron chi connectivity index (χ2n) is 5.44. The number of ether oxygens (including phenoxy) is 1. The topological polar surface area (TPSA) is 22.1 Å². The first-order chi connectivity index (χ1) is 8.01. The zero-order valence-corrected chi connectivity index (χ0v) is 11.5. The minimum Gasteiger partial charge on any atom is -0.384 e. The van der Waals surface area contributed by atoms with Gasteiger partial charge in [0.1, 0.15) is 0 Å². The number of hydrogen-bond acceptors (Lipinski definition) is 2. The van der Waals surface area contributed by atoms with Gasteiger partial charge in [-0.1, -0.05) is 6.92 Å². The second-order valence-corrected chi connectivity index (χ2v) is 6.16. The summed E-state index contributed by atoms with van der Waals surface area (Å²) in [6.45, 7) is 5.04. The Kier molecular flexibility index (Phi) is 3.46. The molecule has 0 aromatic carbocycles. The van der Waals surface area contributed by atoms with Gasteiger partial charge in [0.15, 0.2) is 0 Å². The number of methoxy groups -OCH3 is 1. The van der Waals surface area contributed by atoms with E-state index < -0.39 is 0 Å². The van der Waals surface area contributed by atoms with Crippen molar-refractivity contribution in [2.45, 2.75) is 38.0 Å². The summed E-state index contributed by atoms with van der Waals surface area (Å²) in [4.78, 5) is 4.06. The fourth-order valence-corrected chi connectivity index (χ4v) is 2.71. The lowest BCUT2D eigenvalue weighted by atomic mass is 9.78. The van der Waals surface area contributed by atoms with Crippen molar-refractivity contribution in [1.82, 2.24) is 4.98 Å². The lowest BCUT2D eigenvalue weighted by molar-refractivity contribution is 0.0829. The molecule has 0 spiro atoms. The Morgan fingerprint density at radius 1 is 1.53 bits per heavy atom. The number of pyridine rings is 1. The molecule has 1 atom stereocenters. The van der Waals surface area contributed by atoms with Crippen LogP contribution in [0, 0.1) is 12.3 Å². The molecule has 94 valence electrons. The van der Waals surface area contributed by atoms with Crippen LogP contribution in [0.15, 0.2) is 18.5 Å². The van der Waals surface area contributed by atoms with Crippen molar-refractivity contribution in [3.8, 4) is 0 Å². The van der Waals surface area contributed by atoms with Crippen LogP contribution < -0.4 is 0 Å². The first kappa shape index (κ1) is 12.8. The summed E-state index contributed by atoms with van der Waals surface area (Å²) in [5.74, 6) is 0. The highest BCUT2D eigenvalue weighted by atomic mass is 35.5. The largest absolute Gasteiger partial charge is 0.384 e. The molecular weight excluding hydrogens is 234 g/mol. The van der Waals surface area contributed by atoms with Gasteiger partial charge in [-0.3, -0.25) is 4.98 Å². The van der Waals surface area contributed by atoms with Gasteiger partial charge in [-0.2, -0.15) is 0 Å². The van der Waals surface area contributed by atoms with Crippen molar-refractivity contribution in [2.24, 2.45) is 5.41 Å². The average molecular weight is 254 g/mol. The Morgan fingerprint density at radius 2 is 2.24 bits per heavy atom.